The summed E-state index contributed by atoms with van der Waals surface area (Å²) in [5.74, 6) is 0.127. The van der Waals surface area contributed by atoms with E-state index in [1.54, 1.807) is 12.1 Å². The molecule has 21 heavy (non-hydrogen) atoms. The highest BCUT2D eigenvalue weighted by Crippen LogP contribution is 2.25. The summed E-state index contributed by atoms with van der Waals surface area (Å²) >= 11 is 0. The van der Waals surface area contributed by atoms with Crippen LogP contribution in [0, 0.1) is 11.7 Å². The van der Waals surface area contributed by atoms with Crippen LogP contribution in [0.2, 0.25) is 0 Å². The average Bonchev–Trinajstić information content (AvgIpc) is 2.56. The van der Waals surface area contributed by atoms with E-state index in [9.17, 15) is 9.18 Å². The Morgan fingerprint density at radius 1 is 1.24 bits per heavy atom. The first kappa shape index (κ1) is 14.5. The number of hydrogen-bond acceptors (Lipinski definition) is 3. The van der Waals surface area contributed by atoms with Crippen LogP contribution in [-0.4, -0.2) is 43.6 Å². The molecule has 1 N–H and O–H groups in total. The highest BCUT2D eigenvalue weighted by Gasteiger charge is 2.30. The largest absolute Gasteiger partial charge is 0.370 e. The number of benzene rings is 1. The third kappa shape index (κ3) is 3.41. The van der Waals surface area contributed by atoms with Crippen molar-refractivity contribution in [2.24, 2.45) is 5.92 Å². The third-order valence-corrected chi connectivity index (χ3v) is 4.31. The van der Waals surface area contributed by atoms with Crippen LogP contribution in [0.15, 0.2) is 24.3 Å². The topological polar surface area (TPSA) is 41.6 Å². The molecule has 0 spiro atoms. The lowest BCUT2D eigenvalue weighted by molar-refractivity contribution is -0.144. The standard InChI is InChI=1S/C16H21FN2O2/c17-14-3-1-12(2-4-14)15-11-19(9-10-21-15)16(20)13-5-7-18-8-6-13/h1-4,13,15,18H,5-11H2. The Balaban J connectivity index is 1.64. The number of carbonyl (C=O) groups excluding carboxylic acids is 1. The van der Waals surface area contributed by atoms with Crippen LogP contribution in [0.3, 0.4) is 0 Å². The average molecular weight is 292 g/mol. The van der Waals surface area contributed by atoms with Crippen molar-refractivity contribution in [1.82, 2.24) is 10.2 Å². The van der Waals surface area contributed by atoms with E-state index in [1.807, 2.05) is 4.90 Å². The first-order valence-corrected chi connectivity index (χ1v) is 7.60. The minimum Gasteiger partial charge on any atom is -0.370 e. The van der Waals surface area contributed by atoms with Gasteiger partial charge in [-0.2, -0.15) is 0 Å². The molecule has 0 radical (unpaired) electrons. The molecule has 3 rings (SSSR count). The SMILES string of the molecule is O=C(C1CCNCC1)N1CCOC(c2ccc(F)cc2)C1. The second-order valence-corrected chi connectivity index (χ2v) is 5.72. The minimum absolute atomic E-state index is 0.137. The van der Waals surface area contributed by atoms with Crippen LogP contribution < -0.4 is 5.32 Å². The second-order valence-electron chi connectivity index (χ2n) is 5.72. The van der Waals surface area contributed by atoms with Crippen molar-refractivity contribution in [2.75, 3.05) is 32.8 Å². The maximum absolute atomic E-state index is 13.0. The first-order valence-electron chi connectivity index (χ1n) is 7.60. The van der Waals surface area contributed by atoms with Gasteiger partial charge in [0.2, 0.25) is 5.91 Å². The molecule has 1 unspecified atom stereocenters. The summed E-state index contributed by atoms with van der Waals surface area (Å²) in [6.07, 6.45) is 1.68. The molecule has 114 valence electrons. The predicted molar refractivity (Wildman–Crippen MR) is 77.3 cm³/mol. The van der Waals surface area contributed by atoms with Crippen LogP contribution in [0.1, 0.15) is 24.5 Å². The summed E-state index contributed by atoms with van der Waals surface area (Å²) < 4.78 is 18.7. The van der Waals surface area contributed by atoms with Gasteiger partial charge in [0.05, 0.1) is 13.2 Å². The molecule has 0 bridgehead atoms. The molecule has 4 nitrogen and oxygen atoms in total. The van der Waals surface area contributed by atoms with E-state index in [0.29, 0.717) is 19.7 Å². The molecule has 2 fully saturated rings. The Hall–Kier alpha value is -1.46. The fraction of sp³-hybridized carbons (Fsp3) is 0.562. The smallest absolute Gasteiger partial charge is 0.225 e. The number of ether oxygens (including phenoxy) is 1. The van der Waals surface area contributed by atoms with Crippen LogP contribution in [0.5, 0.6) is 0 Å². The van der Waals surface area contributed by atoms with Crippen molar-refractivity contribution < 1.29 is 13.9 Å². The van der Waals surface area contributed by atoms with Crippen LogP contribution in [0.25, 0.3) is 0 Å². The fourth-order valence-electron chi connectivity index (χ4n) is 3.06. The Labute approximate surface area is 124 Å². The van der Waals surface area contributed by atoms with Gasteiger partial charge in [0, 0.05) is 12.5 Å². The number of piperidine rings is 1. The fourth-order valence-corrected chi connectivity index (χ4v) is 3.06. The molecule has 0 aliphatic carbocycles. The van der Waals surface area contributed by atoms with Gasteiger partial charge in [0.1, 0.15) is 11.9 Å². The highest BCUT2D eigenvalue weighted by atomic mass is 19.1. The quantitative estimate of drug-likeness (QED) is 0.902. The molecule has 1 aromatic rings. The molecular weight excluding hydrogens is 271 g/mol. The van der Waals surface area contributed by atoms with Crippen LogP contribution >= 0.6 is 0 Å². The van der Waals surface area contributed by atoms with Gasteiger partial charge >= 0.3 is 0 Å². The van der Waals surface area contributed by atoms with Crippen molar-refractivity contribution >= 4 is 5.91 Å². The molecule has 2 aliphatic heterocycles. The van der Waals surface area contributed by atoms with Crippen molar-refractivity contribution in [2.45, 2.75) is 18.9 Å². The Kier molecular flexibility index (Phi) is 4.51. The monoisotopic (exact) mass is 292 g/mol. The molecular formula is C16H21FN2O2. The summed E-state index contributed by atoms with van der Waals surface area (Å²) in [4.78, 5) is 14.5. The summed E-state index contributed by atoms with van der Waals surface area (Å²) in [5, 5.41) is 3.28. The molecule has 1 atom stereocenters. The number of nitrogens with zero attached hydrogens (tertiary/aromatic N) is 1. The van der Waals surface area contributed by atoms with Gasteiger partial charge in [-0.25, -0.2) is 4.39 Å². The zero-order valence-corrected chi connectivity index (χ0v) is 12.1. The van der Waals surface area contributed by atoms with Crippen molar-refractivity contribution in [3.8, 4) is 0 Å². The van der Waals surface area contributed by atoms with Gasteiger partial charge in [-0.15, -0.1) is 0 Å². The van der Waals surface area contributed by atoms with Gasteiger partial charge in [-0.3, -0.25) is 4.79 Å². The van der Waals surface area contributed by atoms with E-state index < -0.39 is 0 Å². The zero-order chi connectivity index (χ0) is 14.7. The van der Waals surface area contributed by atoms with E-state index >= 15 is 0 Å². The molecule has 2 heterocycles. The lowest BCUT2D eigenvalue weighted by atomic mass is 9.96. The molecule has 2 saturated heterocycles. The number of halogens is 1. The maximum atomic E-state index is 13.0. The van der Waals surface area contributed by atoms with Gasteiger partial charge < -0.3 is 15.0 Å². The Morgan fingerprint density at radius 3 is 2.67 bits per heavy atom. The van der Waals surface area contributed by atoms with Gasteiger partial charge in [0.25, 0.3) is 0 Å². The maximum Gasteiger partial charge on any atom is 0.225 e. The van der Waals surface area contributed by atoms with Crippen molar-refractivity contribution in [3.05, 3.63) is 35.6 Å². The second kappa shape index (κ2) is 6.54. The molecule has 0 saturated carbocycles. The number of rotatable bonds is 2. The number of hydrogen-bond donors (Lipinski definition) is 1. The number of nitrogens with one attached hydrogen (secondary N) is 1. The van der Waals surface area contributed by atoms with Gasteiger partial charge in [-0.05, 0) is 43.6 Å². The van der Waals surface area contributed by atoms with E-state index in [-0.39, 0.29) is 23.7 Å². The molecule has 0 aromatic heterocycles. The highest BCUT2D eigenvalue weighted by molar-refractivity contribution is 5.79. The van der Waals surface area contributed by atoms with Crippen LogP contribution in [0.4, 0.5) is 4.39 Å². The number of carbonyl (C=O) groups is 1. The minimum atomic E-state index is -0.253. The summed E-state index contributed by atoms with van der Waals surface area (Å²) in [6.45, 7) is 3.60. The number of morpholine rings is 1. The molecule has 1 amide bonds. The first-order chi connectivity index (χ1) is 10.2. The Bertz CT molecular complexity index is 486. The lowest BCUT2D eigenvalue weighted by Gasteiger charge is -2.36. The van der Waals surface area contributed by atoms with Gasteiger partial charge in [0.15, 0.2) is 0 Å². The molecule has 2 aliphatic rings. The third-order valence-electron chi connectivity index (χ3n) is 4.31. The van der Waals surface area contributed by atoms with Crippen molar-refractivity contribution in [3.63, 3.8) is 0 Å². The zero-order valence-electron chi connectivity index (χ0n) is 12.1. The Morgan fingerprint density at radius 2 is 1.95 bits per heavy atom. The van der Waals surface area contributed by atoms with Crippen molar-refractivity contribution in [1.29, 1.82) is 0 Å². The molecule has 5 heteroatoms. The van der Waals surface area contributed by atoms with E-state index in [0.717, 1.165) is 31.5 Å². The van der Waals surface area contributed by atoms with E-state index in [1.165, 1.54) is 12.1 Å². The predicted octanol–water partition coefficient (Wildman–Crippen LogP) is 1.73. The summed E-state index contributed by atoms with van der Waals surface area (Å²) in [6, 6.07) is 6.34. The van der Waals surface area contributed by atoms with Gasteiger partial charge in [-0.1, -0.05) is 12.1 Å². The normalized spacial score (nSPS) is 24.0. The summed E-state index contributed by atoms with van der Waals surface area (Å²) in [5.41, 5.74) is 0.930. The number of amides is 1. The summed E-state index contributed by atoms with van der Waals surface area (Å²) in [7, 11) is 0. The van der Waals surface area contributed by atoms with Crippen LogP contribution in [-0.2, 0) is 9.53 Å². The van der Waals surface area contributed by atoms with E-state index in [4.69, 9.17) is 4.74 Å². The lowest BCUT2D eigenvalue weighted by Crippen LogP contribution is -2.47. The molecule has 1 aromatic carbocycles. The van der Waals surface area contributed by atoms with E-state index in [2.05, 4.69) is 5.32 Å².